The monoisotopic (exact) mass is 714 g/mol. The number of hydrogen-bond donors (Lipinski definition) is 3. The number of nitrogens with one attached hydrogen (secondary N) is 3. The molecule has 0 bridgehead atoms. The maximum atomic E-state index is 12.2. The molecule has 2 amide bonds. The zero-order chi connectivity index (χ0) is 31.9. The van der Waals surface area contributed by atoms with Crippen LogP contribution in [0.2, 0.25) is 20.6 Å². The van der Waals surface area contributed by atoms with Crippen LogP contribution in [0.25, 0.3) is 0 Å². The Kier molecular flexibility index (Phi) is 11.1. The van der Waals surface area contributed by atoms with E-state index in [1.807, 2.05) is 4.72 Å². The van der Waals surface area contributed by atoms with E-state index in [0.29, 0.717) is 0 Å². The molecule has 3 N–H and O–H groups in total. The molecule has 0 unspecified atom stereocenters. The highest BCUT2D eigenvalue weighted by Gasteiger charge is 2.25. The minimum Gasteiger partial charge on any atom is -0.480 e. The molecule has 0 aliphatic carbocycles. The van der Waals surface area contributed by atoms with Crippen molar-refractivity contribution < 1.29 is 35.4 Å². The van der Waals surface area contributed by atoms with E-state index < -0.39 is 42.3 Å². The first kappa shape index (κ1) is 33.7. The SMILES string of the molecule is COc1ncccc1S(=O)(=O)NC(=O)c1ccc(Cl)nc1Cl.O=C(NS(=O)(=O)c1ccc[nH]c1=O)c1ccc(Cl)nc1Cl.[HH].[HH].[HH]. The van der Waals surface area contributed by atoms with Crippen molar-refractivity contribution >= 4 is 78.3 Å². The molecule has 0 atom stereocenters. The van der Waals surface area contributed by atoms with E-state index in [2.05, 4.69) is 19.9 Å². The van der Waals surface area contributed by atoms with Crippen molar-refractivity contribution in [1.29, 1.82) is 0 Å². The normalized spacial score (nSPS) is 11.1. The van der Waals surface area contributed by atoms with Crippen molar-refractivity contribution in [3.8, 4) is 5.88 Å². The van der Waals surface area contributed by atoms with Gasteiger partial charge < -0.3 is 9.72 Å². The second-order valence-electron chi connectivity index (χ2n) is 7.69. The van der Waals surface area contributed by atoms with Gasteiger partial charge in [0.15, 0.2) is 4.90 Å². The molecule has 0 spiro atoms. The van der Waals surface area contributed by atoms with Gasteiger partial charge in [-0.3, -0.25) is 14.4 Å². The van der Waals surface area contributed by atoms with Gasteiger partial charge in [0, 0.05) is 16.7 Å². The summed E-state index contributed by atoms with van der Waals surface area (Å²) in [4.78, 5) is 47.8. The molecule has 0 aromatic carbocycles. The maximum absolute atomic E-state index is 12.2. The summed E-state index contributed by atoms with van der Waals surface area (Å²) >= 11 is 22.7. The Bertz CT molecular complexity index is 1990. The summed E-state index contributed by atoms with van der Waals surface area (Å²) < 4.78 is 56.9. The Labute approximate surface area is 267 Å². The summed E-state index contributed by atoms with van der Waals surface area (Å²) in [5.74, 6) is -2.10. The third-order valence-corrected chi connectivity index (χ3v) is 8.56. The fourth-order valence-corrected chi connectivity index (χ4v) is 5.95. The Morgan fingerprint density at radius 2 is 1.28 bits per heavy atom. The number of hydrogen-bond acceptors (Lipinski definition) is 11. The van der Waals surface area contributed by atoms with Crippen LogP contribution in [0.5, 0.6) is 5.88 Å². The average Bonchev–Trinajstić information content (AvgIpc) is 2.92. The number of rotatable bonds is 7. The number of halogens is 4. The van der Waals surface area contributed by atoms with Crippen molar-refractivity contribution in [3.63, 3.8) is 0 Å². The fourth-order valence-electron chi connectivity index (χ4n) is 2.98. The minimum absolute atomic E-state index is 0. The molecule has 0 saturated heterocycles. The molecule has 4 heterocycles. The lowest BCUT2D eigenvalue weighted by Gasteiger charge is -2.10. The van der Waals surface area contributed by atoms with Crippen molar-refractivity contribution in [2.24, 2.45) is 0 Å². The summed E-state index contributed by atoms with van der Waals surface area (Å²) in [5.41, 5.74) is -1.16. The molecule has 0 aliphatic heterocycles. The van der Waals surface area contributed by atoms with Gasteiger partial charge in [0.25, 0.3) is 37.4 Å². The third kappa shape index (κ3) is 8.62. The number of H-pyrrole nitrogens is 1. The van der Waals surface area contributed by atoms with Crippen LogP contribution in [0, 0.1) is 0 Å². The minimum atomic E-state index is -4.33. The van der Waals surface area contributed by atoms with E-state index in [1.165, 1.54) is 62.0 Å². The molecule has 0 aliphatic rings. The van der Waals surface area contributed by atoms with Gasteiger partial charge in [0.1, 0.15) is 25.5 Å². The van der Waals surface area contributed by atoms with Crippen molar-refractivity contribution in [1.82, 2.24) is 29.4 Å². The fraction of sp³-hybridized carbons (Fsp3) is 0.0435. The quantitative estimate of drug-likeness (QED) is 0.234. The molecule has 0 saturated carbocycles. The highest BCUT2D eigenvalue weighted by atomic mass is 35.5. The van der Waals surface area contributed by atoms with E-state index in [9.17, 15) is 31.2 Å². The summed E-state index contributed by atoms with van der Waals surface area (Å²) in [6.07, 6.45) is 2.63. The Hall–Kier alpha value is -3.80. The third-order valence-electron chi connectivity index (χ3n) is 4.86. The van der Waals surface area contributed by atoms with Crippen LogP contribution in [-0.4, -0.2) is 55.7 Å². The number of carbonyl (C=O) groups is 2. The van der Waals surface area contributed by atoms with E-state index in [-0.39, 0.29) is 46.8 Å². The topological polar surface area (TPSA) is 207 Å². The van der Waals surface area contributed by atoms with Crippen molar-refractivity contribution in [2.75, 3.05) is 7.11 Å². The molecule has 14 nitrogen and oxygen atoms in total. The number of nitrogens with zero attached hydrogens (tertiary/aromatic N) is 3. The molecule has 0 fully saturated rings. The maximum Gasteiger partial charge on any atom is 0.269 e. The van der Waals surface area contributed by atoms with Gasteiger partial charge in [-0.1, -0.05) is 46.4 Å². The lowest BCUT2D eigenvalue weighted by atomic mass is 10.3. The lowest BCUT2D eigenvalue weighted by Crippen LogP contribution is -2.34. The smallest absolute Gasteiger partial charge is 0.269 e. The molecule has 4 rings (SSSR count). The zero-order valence-electron chi connectivity index (χ0n) is 21.2. The number of aromatic nitrogens is 4. The number of sulfonamides is 2. The lowest BCUT2D eigenvalue weighted by molar-refractivity contribution is 0.0972. The molecule has 43 heavy (non-hydrogen) atoms. The van der Waals surface area contributed by atoms with E-state index in [4.69, 9.17) is 51.1 Å². The number of amides is 2. The van der Waals surface area contributed by atoms with Crippen LogP contribution in [0.1, 0.15) is 25.0 Å². The average molecular weight is 716 g/mol. The number of carbonyl (C=O) groups excluding carboxylic acids is 2. The van der Waals surface area contributed by atoms with Gasteiger partial charge in [0.05, 0.1) is 18.2 Å². The standard InChI is InChI=1S/C12H9Cl2N3O4S.C11H7Cl2N3O4S.3H2/c1-21-12-8(3-2-6-15-12)22(19,20)17-11(18)7-4-5-9(13)16-10(7)14;12-8-4-3-6(9(13)15-8)10(17)16-21(19,20)7-2-1-5-14-11(7)18;;;/h2-6H,1H3,(H,17,18);1-5H,(H,14,18)(H,16,17);3*1H. The molecule has 0 radical (unpaired) electrons. The molecule has 232 valence electrons. The summed E-state index contributed by atoms with van der Waals surface area (Å²) in [6.45, 7) is 0. The van der Waals surface area contributed by atoms with Gasteiger partial charge in [-0.15, -0.1) is 0 Å². The van der Waals surface area contributed by atoms with E-state index in [0.717, 1.165) is 6.07 Å². The second-order valence-corrected chi connectivity index (χ2v) is 12.5. The molecular formula is C23H22Cl4N6O8S2. The van der Waals surface area contributed by atoms with Gasteiger partial charge in [-0.2, -0.15) is 0 Å². The Morgan fingerprint density at radius 3 is 1.74 bits per heavy atom. The molecule has 4 aromatic heterocycles. The first-order valence-electron chi connectivity index (χ1n) is 11.1. The molecular weight excluding hydrogens is 694 g/mol. The number of aromatic amines is 1. The summed E-state index contributed by atoms with van der Waals surface area (Å²) in [7, 11) is -7.24. The van der Waals surface area contributed by atoms with Crippen LogP contribution >= 0.6 is 46.4 Å². The highest BCUT2D eigenvalue weighted by molar-refractivity contribution is 7.90. The first-order chi connectivity index (χ1) is 20.2. The molecule has 20 heteroatoms. The number of pyridine rings is 4. The highest BCUT2D eigenvalue weighted by Crippen LogP contribution is 2.22. The summed E-state index contributed by atoms with van der Waals surface area (Å²) in [6, 6.07) is 10.1. The second kappa shape index (κ2) is 14.1. The van der Waals surface area contributed by atoms with Crippen LogP contribution in [0.15, 0.2) is 75.5 Å². The largest absolute Gasteiger partial charge is 0.480 e. The van der Waals surface area contributed by atoms with E-state index in [1.54, 1.807) is 4.72 Å². The van der Waals surface area contributed by atoms with Gasteiger partial charge >= 0.3 is 0 Å². The first-order valence-corrected chi connectivity index (χ1v) is 15.6. The van der Waals surface area contributed by atoms with Gasteiger partial charge in [0.2, 0.25) is 5.88 Å². The van der Waals surface area contributed by atoms with Crippen molar-refractivity contribution in [3.05, 3.63) is 103 Å². The van der Waals surface area contributed by atoms with Crippen LogP contribution in [0.3, 0.4) is 0 Å². The van der Waals surface area contributed by atoms with E-state index >= 15 is 0 Å². The van der Waals surface area contributed by atoms with Gasteiger partial charge in [-0.05, 0) is 48.5 Å². The number of methoxy groups -OCH3 is 1. The van der Waals surface area contributed by atoms with Crippen LogP contribution in [0.4, 0.5) is 0 Å². The van der Waals surface area contributed by atoms with Crippen LogP contribution in [-0.2, 0) is 20.0 Å². The predicted molar refractivity (Wildman–Crippen MR) is 162 cm³/mol. The summed E-state index contributed by atoms with van der Waals surface area (Å²) in [5, 5.41) is -0.326. The predicted octanol–water partition coefficient (Wildman–Crippen LogP) is 3.84. The molecule has 4 aromatic rings. The zero-order valence-corrected chi connectivity index (χ0v) is 25.9. The Morgan fingerprint density at radius 1 is 0.791 bits per heavy atom. The van der Waals surface area contributed by atoms with Crippen LogP contribution < -0.4 is 19.7 Å². The van der Waals surface area contributed by atoms with Gasteiger partial charge in [-0.25, -0.2) is 41.2 Å². The van der Waals surface area contributed by atoms with Crippen molar-refractivity contribution in [2.45, 2.75) is 9.79 Å². The Balaban J connectivity index is 0.000000827. The number of ether oxygens (including phenoxy) is 1.